The summed E-state index contributed by atoms with van der Waals surface area (Å²) < 4.78 is 5.36. The van der Waals surface area contributed by atoms with Crippen LogP contribution in [-0.4, -0.2) is 36.9 Å². The van der Waals surface area contributed by atoms with Gasteiger partial charge in [-0.05, 0) is 25.1 Å². The number of nitrogens with one attached hydrogen (secondary N) is 1. The summed E-state index contributed by atoms with van der Waals surface area (Å²) in [5.41, 5.74) is 2.00. The fraction of sp³-hybridized carbons (Fsp3) is 0.400. The molecule has 0 aliphatic rings. The summed E-state index contributed by atoms with van der Waals surface area (Å²) >= 11 is 1.67. The minimum absolute atomic E-state index is 0.238. The summed E-state index contributed by atoms with van der Waals surface area (Å²) in [5.74, 6) is 0.852. The second-order valence-corrected chi connectivity index (χ2v) is 5.35. The predicted octanol–water partition coefficient (Wildman–Crippen LogP) is 2.33. The molecule has 2 rings (SSSR count). The molecule has 0 aliphatic heterocycles. The van der Waals surface area contributed by atoms with Gasteiger partial charge in [-0.3, -0.25) is 0 Å². The number of ether oxygens (including phenoxy) is 1. The van der Waals surface area contributed by atoms with E-state index < -0.39 is 0 Å². The van der Waals surface area contributed by atoms with E-state index in [0.29, 0.717) is 0 Å². The number of aromatic nitrogens is 1. The lowest BCUT2D eigenvalue weighted by molar-refractivity contribution is 0.286. The van der Waals surface area contributed by atoms with Crippen molar-refractivity contribution in [2.75, 3.05) is 26.8 Å². The molecule has 108 valence electrons. The Bertz CT molecular complexity index is 528. The molecule has 0 aliphatic carbocycles. The van der Waals surface area contributed by atoms with Gasteiger partial charge in [0.15, 0.2) is 0 Å². The third kappa shape index (κ3) is 4.03. The number of hydrogen-bond acceptors (Lipinski definition) is 5. The smallest absolute Gasteiger partial charge is 0.128 e. The van der Waals surface area contributed by atoms with Crippen molar-refractivity contribution in [2.24, 2.45) is 0 Å². The van der Waals surface area contributed by atoms with Gasteiger partial charge in [0.25, 0.3) is 0 Å². The average molecular weight is 292 g/mol. The van der Waals surface area contributed by atoms with Crippen LogP contribution < -0.4 is 10.1 Å². The van der Waals surface area contributed by atoms with Crippen molar-refractivity contribution in [3.05, 3.63) is 34.7 Å². The number of methoxy groups -OCH3 is 1. The highest BCUT2D eigenvalue weighted by Crippen LogP contribution is 2.30. The molecule has 0 bridgehead atoms. The summed E-state index contributed by atoms with van der Waals surface area (Å²) in [6.07, 6.45) is 1.70. The van der Waals surface area contributed by atoms with Gasteiger partial charge >= 0.3 is 0 Å². The second-order valence-electron chi connectivity index (χ2n) is 4.40. The molecule has 20 heavy (non-hydrogen) atoms. The fourth-order valence-corrected chi connectivity index (χ4v) is 2.73. The van der Waals surface area contributed by atoms with Crippen LogP contribution in [0.4, 0.5) is 0 Å². The Morgan fingerprint density at radius 3 is 2.95 bits per heavy atom. The molecule has 1 heterocycles. The van der Waals surface area contributed by atoms with Crippen LogP contribution in [0.3, 0.4) is 0 Å². The van der Waals surface area contributed by atoms with Crippen LogP contribution in [-0.2, 0) is 6.42 Å². The van der Waals surface area contributed by atoms with Crippen molar-refractivity contribution in [3.8, 4) is 17.0 Å². The lowest BCUT2D eigenvalue weighted by Gasteiger charge is -2.05. The first-order chi connectivity index (χ1) is 9.85. The maximum Gasteiger partial charge on any atom is 0.128 e. The van der Waals surface area contributed by atoms with Crippen molar-refractivity contribution < 1.29 is 9.84 Å². The van der Waals surface area contributed by atoms with Gasteiger partial charge in [0, 0.05) is 30.5 Å². The van der Waals surface area contributed by atoms with Crippen LogP contribution in [0.25, 0.3) is 11.3 Å². The van der Waals surface area contributed by atoms with Gasteiger partial charge in [0.1, 0.15) is 5.75 Å². The molecule has 0 radical (unpaired) electrons. The van der Waals surface area contributed by atoms with Crippen molar-refractivity contribution in [2.45, 2.75) is 12.8 Å². The summed E-state index contributed by atoms with van der Waals surface area (Å²) in [7, 11) is 1.68. The van der Waals surface area contributed by atoms with Crippen LogP contribution >= 0.6 is 11.3 Å². The molecular weight excluding hydrogens is 272 g/mol. The van der Waals surface area contributed by atoms with Crippen LogP contribution in [0.2, 0.25) is 0 Å². The minimum Gasteiger partial charge on any atom is -0.496 e. The van der Waals surface area contributed by atoms with Gasteiger partial charge in [-0.1, -0.05) is 12.1 Å². The number of benzene rings is 1. The third-order valence-electron chi connectivity index (χ3n) is 2.96. The summed E-state index contributed by atoms with van der Waals surface area (Å²) in [6.45, 7) is 1.97. The normalized spacial score (nSPS) is 10.7. The molecule has 0 saturated heterocycles. The Balaban J connectivity index is 1.95. The Labute approximate surface area is 123 Å². The second kappa shape index (κ2) is 7.99. The molecule has 2 aromatic rings. The van der Waals surface area contributed by atoms with E-state index in [2.05, 4.69) is 15.7 Å². The zero-order chi connectivity index (χ0) is 14.2. The van der Waals surface area contributed by atoms with Crippen molar-refractivity contribution >= 4 is 11.3 Å². The Morgan fingerprint density at radius 1 is 1.30 bits per heavy atom. The van der Waals surface area contributed by atoms with E-state index in [1.165, 1.54) is 0 Å². The standard InChI is InChI=1S/C15H20N2O2S/c1-19-14-6-3-2-5-12(14)13-11-20-15(17-13)7-9-16-8-4-10-18/h2-3,5-6,11,16,18H,4,7-10H2,1H3. The monoisotopic (exact) mass is 292 g/mol. The van der Waals surface area contributed by atoms with Crippen molar-refractivity contribution in [1.82, 2.24) is 10.3 Å². The Morgan fingerprint density at radius 2 is 2.15 bits per heavy atom. The summed E-state index contributed by atoms with van der Waals surface area (Å²) in [4.78, 5) is 4.66. The number of para-hydroxylation sites is 1. The molecule has 0 fully saturated rings. The Kier molecular flexibility index (Phi) is 5.98. The number of hydrogen-bond donors (Lipinski definition) is 2. The Hall–Kier alpha value is -1.43. The van der Waals surface area contributed by atoms with E-state index in [1.54, 1.807) is 18.4 Å². The lowest BCUT2D eigenvalue weighted by atomic mass is 10.1. The minimum atomic E-state index is 0.238. The molecular formula is C15H20N2O2S. The van der Waals surface area contributed by atoms with E-state index in [1.807, 2.05) is 24.3 Å². The number of nitrogens with zero attached hydrogens (tertiary/aromatic N) is 1. The van der Waals surface area contributed by atoms with E-state index in [-0.39, 0.29) is 6.61 Å². The lowest BCUT2D eigenvalue weighted by Crippen LogP contribution is -2.19. The highest BCUT2D eigenvalue weighted by molar-refractivity contribution is 7.09. The first kappa shape index (κ1) is 15.0. The zero-order valence-corrected chi connectivity index (χ0v) is 12.4. The number of rotatable bonds is 8. The third-order valence-corrected chi connectivity index (χ3v) is 3.87. The van der Waals surface area contributed by atoms with Crippen LogP contribution in [0.5, 0.6) is 5.75 Å². The maximum absolute atomic E-state index is 8.70. The zero-order valence-electron chi connectivity index (χ0n) is 11.6. The van der Waals surface area contributed by atoms with Gasteiger partial charge in [0.2, 0.25) is 0 Å². The van der Waals surface area contributed by atoms with E-state index in [0.717, 1.165) is 47.9 Å². The molecule has 5 heteroatoms. The summed E-state index contributed by atoms with van der Waals surface area (Å²) in [5, 5.41) is 15.2. The fourth-order valence-electron chi connectivity index (χ4n) is 1.93. The van der Waals surface area contributed by atoms with Gasteiger partial charge in [-0.2, -0.15) is 0 Å². The molecule has 0 amide bonds. The van der Waals surface area contributed by atoms with E-state index >= 15 is 0 Å². The number of aliphatic hydroxyl groups excluding tert-OH is 1. The largest absolute Gasteiger partial charge is 0.496 e. The molecule has 1 aromatic carbocycles. The average Bonchev–Trinajstić information content (AvgIpc) is 2.95. The van der Waals surface area contributed by atoms with Crippen molar-refractivity contribution in [3.63, 3.8) is 0 Å². The topological polar surface area (TPSA) is 54.4 Å². The van der Waals surface area contributed by atoms with E-state index in [4.69, 9.17) is 9.84 Å². The number of thiazole rings is 1. The van der Waals surface area contributed by atoms with Crippen LogP contribution in [0, 0.1) is 0 Å². The molecule has 0 saturated carbocycles. The number of aliphatic hydroxyl groups is 1. The molecule has 0 unspecified atom stereocenters. The van der Waals surface area contributed by atoms with Crippen LogP contribution in [0.1, 0.15) is 11.4 Å². The molecule has 1 aromatic heterocycles. The first-order valence-corrected chi connectivity index (χ1v) is 7.62. The SMILES string of the molecule is COc1ccccc1-c1csc(CCNCCCO)n1. The molecule has 4 nitrogen and oxygen atoms in total. The van der Waals surface area contributed by atoms with Gasteiger partial charge in [-0.25, -0.2) is 4.98 Å². The highest BCUT2D eigenvalue weighted by atomic mass is 32.1. The van der Waals surface area contributed by atoms with E-state index in [9.17, 15) is 0 Å². The quantitative estimate of drug-likeness (QED) is 0.733. The van der Waals surface area contributed by atoms with Gasteiger partial charge in [-0.15, -0.1) is 11.3 Å². The molecule has 0 spiro atoms. The van der Waals surface area contributed by atoms with Gasteiger partial charge < -0.3 is 15.2 Å². The highest BCUT2D eigenvalue weighted by Gasteiger charge is 2.08. The first-order valence-electron chi connectivity index (χ1n) is 6.74. The maximum atomic E-state index is 8.70. The molecule has 2 N–H and O–H groups in total. The molecule has 0 atom stereocenters. The van der Waals surface area contributed by atoms with Gasteiger partial charge in [0.05, 0.1) is 17.8 Å². The van der Waals surface area contributed by atoms with Crippen molar-refractivity contribution in [1.29, 1.82) is 0 Å². The summed E-state index contributed by atoms with van der Waals surface area (Å²) in [6, 6.07) is 7.93. The van der Waals surface area contributed by atoms with Crippen LogP contribution in [0.15, 0.2) is 29.6 Å². The predicted molar refractivity (Wildman–Crippen MR) is 82.4 cm³/mol.